The predicted octanol–water partition coefficient (Wildman–Crippen LogP) is 0.478. The van der Waals surface area contributed by atoms with E-state index in [9.17, 15) is 9.59 Å². The fourth-order valence-electron chi connectivity index (χ4n) is 1.65. The van der Waals surface area contributed by atoms with Crippen molar-refractivity contribution in [2.45, 2.75) is 18.9 Å². The smallest absolute Gasteiger partial charge is 0.334 e. The van der Waals surface area contributed by atoms with Gasteiger partial charge in [-0.2, -0.15) is 4.98 Å². The number of carboxylic acid groups (broad SMARTS) is 1. The van der Waals surface area contributed by atoms with Crippen LogP contribution in [-0.4, -0.2) is 46.9 Å². The number of aliphatic carboxylic acids is 1. The van der Waals surface area contributed by atoms with Gasteiger partial charge in [0.05, 0.1) is 18.4 Å². The molecule has 0 fully saturated rings. The Morgan fingerprint density at radius 2 is 2.32 bits per heavy atom. The number of aryl methyl sites for hydroxylation is 1. The maximum absolute atomic E-state index is 11.6. The zero-order valence-corrected chi connectivity index (χ0v) is 11.8. The van der Waals surface area contributed by atoms with Crippen LogP contribution >= 0.6 is 0 Å². The molecule has 1 unspecified atom stereocenters. The van der Waals surface area contributed by atoms with Crippen LogP contribution in [0.3, 0.4) is 0 Å². The van der Waals surface area contributed by atoms with E-state index < -0.39 is 12.1 Å². The lowest BCUT2D eigenvalue weighted by molar-refractivity contribution is -0.148. The Morgan fingerprint density at radius 1 is 1.50 bits per heavy atom. The lowest BCUT2D eigenvalue weighted by atomic mass is 10.2. The quantitative estimate of drug-likeness (QED) is 0.720. The zero-order chi connectivity index (χ0) is 15.9. The minimum Gasteiger partial charge on any atom is -0.479 e. The van der Waals surface area contributed by atoms with Crippen molar-refractivity contribution in [3.8, 4) is 11.4 Å². The molecule has 9 heteroatoms. The number of hydrogen-bond donors (Lipinski definition) is 2. The Labute approximate surface area is 125 Å². The van der Waals surface area contributed by atoms with E-state index in [1.54, 1.807) is 6.07 Å². The Bertz CT molecular complexity index is 622. The van der Waals surface area contributed by atoms with Crippen molar-refractivity contribution in [2.75, 3.05) is 13.7 Å². The van der Waals surface area contributed by atoms with E-state index in [2.05, 4.69) is 15.5 Å². The molecule has 0 saturated heterocycles. The number of methoxy groups -OCH3 is 1. The summed E-state index contributed by atoms with van der Waals surface area (Å²) in [6.07, 6.45) is 2.26. The van der Waals surface area contributed by atoms with Gasteiger partial charge >= 0.3 is 5.97 Å². The Kier molecular flexibility index (Phi) is 5.26. The van der Waals surface area contributed by atoms with Gasteiger partial charge in [-0.15, -0.1) is 0 Å². The molecule has 9 nitrogen and oxygen atoms in total. The van der Waals surface area contributed by atoms with E-state index in [1.165, 1.54) is 19.6 Å². The summed E-state index contributed by atoms with van der Waals surface area (Å²) in [6.45, 7) is -0.102. The van der Waals surface area contributed by atoms with Gasteiger partial charge in [0, 0.05) is 20.0 Å². The van der Waals surface area contributed by atoms with Crippen LogP contribution in [0, 0.1) is 0 Å². The number of carbonyl (C=O) groups excluding carboxylic acids is 1. The van der Waals surface area contributed by atoms with Crippen LogP contribution < -0.4 is 5.32 Å². The molecule has 22 heavy (non-hydrogen) atoms. The molecule has 2 N–H and O–H groups in total. The van der Waals surface area contributed by atoms with E-state index >= 15 is 0 Å². The highest BCUT2D eigenvalue weighted by Gasteiger charge is 2.17. The fourth-order valence-corrected chi connectivity index (χ4v) is 1.65. The van der Waals surface area contributed by atoms with Crippen molar-refractivity contribution in [3.05, 3.63) is 24.5 Å². The summed E-state index contributed by atoms with van der Waals surface area (Å²) in [4.78, 5) is 26.5. The summed E-state index contributed by atoms with van der Waals surface area (Å²) in [5, 5.41) is 15.0. The van der Waals surface area contributed by atoms with Crippen molar-refractivity contribution in [2.24, 2.45) is 0 Å². The monoisotopic (exact) mass is 309 g/mol. The summed E-state index contributed by atoms with van der Waals surface area (Å²) in [6, 6.07) is 1.69. The number of nitrogens with one attached hydrogen (secondary N) is 1. The first-order chi connectivity index (χ1) is 10.6. The van der Waals surface area contributed by atoms with Gasteiger partial charge < -0.3 is 24.1 Å². The summed E-state index contributed by atoms with van der Waals surface area (Å²) in [5.74, 6) is -0.766. The first-order valence-electron chi connectivity index (χ1n) is 6.47. The van der Waals surface area contributed by atoms with Crippen LogP contribution in [0.15, 0.2) is 27.5 Å². The van der Waals surface area contributed by atoms with Crippen molar-refractivity contribution in [1.82, 2.24) is 15.5 Å². The molecule has 2 rings (SSSR count). The molecule has 0 spiro atoms. The van der Waals surface area contributed by atoms with Gasteiger partial charge in [0.15, 0.2) is 6.10 Å². The van der Waals surface area contributed by atoms with Crippen molar-refractivity contribution >= 4 is 11.9 Å². The highest BCUT2D eigenvalue weighted by atomic mass is 16.5. The lowest BCUT2D eigenvalue weighted by Crippen LogP contribution is -2.37. The number of carboxylic acids is 1. The molecule has 1 atom stereocenters. The highest BCUT2D eigenvalue weighted by molar-refractivity contribution is 5.78. The maximum Gasteiger partial charge on any atom is 0.334 e. The third-order valence-corrected chi connectivity index (χ3v) is 2.86. The molecule has 1 amide bonds. The molecule has 118 valence electrons. The standard InChI is InChI=1S/C13H15N3O6/c1-20-9(13(18)19)6-14-10(17)2-3-11-15-12(16-22-11)8-4-5-21-7-8/h4-5,7,9H,2-3,6H2,1H3,(H,14,17)(H,18,19). The van der Waals surface area contributed by atoms with Crippen LogP contribution in [-0.2, 0) is 20.7 Å². The van der Waals surface area contributed by atoms with E-state index in [-0.39, 0.29) is 25.3 Å². The van der Waals surface area contributed by atoms with E-state index in [0.717, 1.165) is 0 Å². The molecule has 0 aliphatic carbocycles. The summed E-state index contributed by atoms with van der Waals surface area (Å²) in [7, 11) is 1.26. The van der Waals surface area contributed by atoms with E-state index in [1.807, 2.05) is 0 Å². The average molecular weight is 309 g/mol. The van der Waals surface area contributed by atoms with E-state index in [0.29, 0.717) is 17.3 Å². The molecule has 0 aromatic carbocycles. The first-order valence-corrected chi connectivity index (χ1v) is 6.47. The van der Waals surface area contributed by atoms with Crippen LogP contribution in [0.2, 0.25) is 0 Å². The van der Waals surface area contributed by atoms with Gasteiger partial charge in [-0.1, -0.05) is 5.16 Å². The van der Waals surface area contributed by atoms with Gasteiger partial charge in [0.2, 0.25) is 17.6 Å². The normalized spacial score (nSPS) is 12.0. The number of nitrogens with zero attached hydrogens (tertiary/aromatic N) is 2. The zero-order valence-electron chi connectivity index (χ0n) is 11.8. The lowest BCUT2D eigenvalue weighted by Gasteiger charge is -2.10. The largest absolute Gasteiger partial charge is 0.479 e. The van der Waals surface area contributed by atoms with Crippen molar-refractivity contribution < 1.29 is 28.4 Å². The summed E-state index contributed by atoms with van der Waals surface area (Å²) >= 11 is 0. The van der Waals surface area contributed by atoms with Gasteiger partial charge in [-0.3, -0.25) is 4.79 Å². The van der Waals surface area contributed by atoms with Gasteiger partial charge in [0.25, 0.3) is 0 Å². The van der Waals surface area contributed by atoms with Crippen LogP contribution in [0.25, 0.3) is 11.4 Å². The predicted molar refractivity (Wildman–Crippen MR) is 71.8 cm³/mol. The second-order valence-electron chi connectivity index (χ2n) is 4.39. The van der Waals surface area contributed by atoms with Crippen LogP contribution in [0.1, 0.15) is 12.3 Å². The molecule has 0 aliphatic rings. The molecule has 2 aromatic rings. The van der Waals surface area contributed by atoms with Gasteiger partial charge in [-0.05, 0) is 6.07 Å². The van der Waals surface area contributed by atoms with Gasteiger partial charge in [-0.25, -0.2) is 4.79 Å². The number of aromatic nitrogens is 2. The molecule has 2 aromatic heterocycles. The number of hydrogen-bond acceptors (Lipinski definition) is 7. The van der Waals surface area contributed by atoms with E-state index in [4.69, 9.17) is 18.8 Å². The summed E-state index contributed by atoms with van der Waals surface area (Å²) < 4.78 is 14.6. The van der Waals surface area contributed by atoms with Crippen LogP contribution in [0.5, 0.6) is 0 Å². The van der Waals surface area contributed by atoms with Gasteiger partial charge in [0.1, 0.15) is 6.26 Å². The molecular formula is C13H15N3O6. The molecule has 0 saturated carbocycles. The molecule has 0 aliphatic heterocycles. The molecule has 2 heterocycles. The number of furan rings is 1. The number of rotatable bonds is 8. The second kappa shape index (κ2) is 7.36. The second-order valence-corrected chi connectivity index (χ2v) is 4.39. The molecular weight excluding hydrogens is 294 g/mol. The third kappa shape index (κ3) is 4.16. The maximum atomic E-state index is 11.6. The van der Waals surface area contributed by atoms with Crippen LogP contribution in [0.4, 0.5) is 0 Å². The molecule has 0 radical (unpaired) electrons. The minimum atomic E-state index is -1.13. The summed E-state index contributed by atoms with van der Waals surface area (Å²) in [5.41, 5.74) is 0.684. The highest BCUT2D eigenvalue weighted by Crippen LogP contribution is 2.16. The fraction of sp³-hybridized carbons (Fsp3) is 0.385. The Balaban J connectivity index is 1.78. The van der Waals surface area contributed by atoms with Crippen molar-refractivity contribution in [1.29, 1.82) is 0 Å². The Hall–Kier alpha value is -2.68. The minimum absolute atomic E-state index is 0.100. The number of carbonyl (C=O) groups is 2. The first kappa shape index (κ1) is 15.7. The average Bonchev–Trinajstić information content (AvgIpc) is 3.16. The topological polar surface area (TPSA) is 128 Å². The number of amides is 1. The molecule has 0 bridgehead atoms. The van der Waals surface area contributed by atoms with Crippen molar-refractivity contribution in [3.63, 3.8) is 0 Å². The third-order valence-electron chi connectivity index (χ3n) is 2.86. The number of ether oxygens (including phenoxy) is 1. The Morgan fingerprint density at radius 3 is 2.95 bits per heavy atom. The SMILES string of the molecule is COC(CNC(=O)CCc1nc(-c2ccoc2)no1)C(=O)O.